The normalized spacial score (nSPS) is 24.6. The molecular formula is C18H25N5OS. The second kappa shape index (κ2) is 7.86. The van der Waals surface area contributed by atoms with E-state index in [1.165, 1.54) is 23.5 Å². The van der Waals surface area contributed by atoms with E-state index in [-0.39, 0.29) is 0 Å². The fourth-order valence-corrected chi connectivity index (χ4v) is 5.16. The van der Waals surface area contributed by atoms with Gasteiger partial charge in [-0.15, -0.1) is 0 Å². The third-order valence-electron chi connectivity index (χ3n) is 5.17. The molecule has 2 aromatic rings. The molecule has 2 aliphatic heterocycles. The van der Waals surface area contributed by atoms with E-state index in [0.29, 0.717) is 5.54 Å². The molecule has 25 heavy (non-hydrogen) atoms. The Balaban J connectivity index is 1.34. The summed E-state index contributed by atoms with van der Waals surface area (Å²) < 4.78 is 7.32. The fourth-order valence-electron chi connectivity index (χ4n) is 3.68. The number of ether oxygens (including phenoxy) is 1. The second-order valence-electron chi connectivity index (χ2n) is 6.74. The summed E-state index contributed by atoms with van der Waals surface area (Å²) in [5.74, 6) is 2.50. The van der Waals surface area contributed by atoms with E-state index >= 15 is 0 Å². The minimum absolute atomic E-state index is 0.301. The molecule has 2 aliphatic rings. The van der Waals surface area contributed by atoms with Crippen LogP contribution in [0.2, 0.25) is 0 Å². The van der Waals surface area contributed by atoms with E-state index in [2.05, 4.69) is 56.3 Å². The summed E-state index contributed by atoms with van der Waals surface area (Å²) in [5.41, 5.74) is 2.64. The van der Waals surface area contributed by atoms with Gasteiger partial charge in [0.05, 0.1) is 18.9 Å². The highest BCUT2D eigenvalue weighted by Crippen LogP contribution is 2.33. The highest BCUT2D eigenvalue weighted by molar-refractivity contribution is 7.99. The average Bonchev–Trinajstić information content (AvgIpc) is 3.36. The predicted molar refractivity (Wildman–Crippen MR) is 100 cm³/mol. The summed E-state index contributed by atoms with van der Waals surface area (Å²) in [5, 5.41) is 7.87. The Kier molecular flexibility index (Phi) is 5.36. The van der Waals surface area contributed by atoms with Crippen LogP contribution in [0.4, 0.5) is 0 Å². The molecule has 0 spiro atoms. The summed E-state index contributed by atoms with van der Waals surface area (Å²) in [7, 11) is 0. The summed E-state index contributed by atoms with van der Waals surface area (Å²) in [6, 6.07) is 8.51. The SMILES string of the molecule is c1ncn(-c2ccc(CNCC3(N4CCOCC4)CCSC3)cc2)n1. The highest BCUT2D eigenvalue weighted by Gasteiger charge is 2.40. The van der Waals surface area contributed by atoms with Gasteiger partial charge in [-0.05, 0) is 29.9 Å². The minimum atomic E-state index is 0.301. The minimum Gasteiger partial charge on any atom is -0.379 e. The molecule has 0 aliphatic carbocycles. The number of morpholine rings is 1. The Labute approximate surface area is 152 Å². The Bertz CT molecular complexity index is 649. The van der Waals surface area contributed by atoms with Crippen molar-refractivity contribution in [1.82, 2.24) is 25.0 Å². The van der Waals surface area contributed by atoms with Gasteiger partial charge in [-0.1, -0.05) is 12.1 Å². The van der Waals surface area contributed by atoms with E-state index < -0.39 is 0 Å². The molecule has 2 fully saturated rings. The van der Waals surface area contributed by atoms with Crippen LogP contribution in [0.5, 0.6) is 0 Å². The van der Waals surface area contributed by atoms with Crippen molar-refractivity contribution in [3.63, 3.8) is 0 Å². The monoisotopic (exact) mass is 359 g/mol. The standard InChI is InChI=1S/C18H25N5OS/c1-3-17(23-15-20-14-21-23)4-2-16(1)11-19-12-18(5-10-25-13-18)22-6-8-24-9-7-22/h1-4,14-15,19H,5-13H2. The number of rotatable bonds is 6. The Hall–Kier alpha value is -1.41. The van der Waals surface area contributed by atoms with Crippen molar-refractivity contribution in [2.24, 2.45) is 0 Å². The molecule has 0 radical (unpaired) electrons. The van der Waals surface area contributed by atoms with Gasteiger partial charge in [0.2, 0.25) is 0 Å². The van der Waals surface area contributed by atoms with E-state index in [9.17, 15) is 0 Å². The van der Waals surface area contributed by atoms with Crippen molar-refractivity contribution >= 4 is 11.8 Å². The van der Waals surface area contributed by atoms with Crippen LogP contribution in [0.25, 0.3) is 5.69 Å². The maximum Gasteiger partial charge on any atom is 0.138 e. The smallest absolute Gasteiger partial charge is 0.138 e. The van der Waals surface area contributed by atoms with Crippen molar-refractivity contribution in [3.05, 3.63) is 42.5 Å². The first-order valence-corrected chi connectivity index (χ1v) is 10.1. The van der Waals surface area contributed by atoms with Crippen LogP contribution in [0, 0.1) is 0 Å². The van der Waals surface area contributed by atoms with Crippen molar-refractivity contribution in [2.75, 3.05) is 44.4 Å². The molecule has 4 rings (SSSR count). The molecule has 1 aromatic carbocycles. The van der Waals surface area contributed by atoms with Crippen molar-refractivity contribution in [2.45, 2.75) is 18.5 Å². The molecular weight excluding hydrogens is 334 g/mol. The van der Waals surface area contributed by atoms with Crippen LogP contribution >= 0.6 is 11.8 Å². The number of aromatic nitrogens is 3. The van der Waals surface area contributed by atoms with Crippen molar-refractivity contribution < 1.29 is 4.74 Å². The summed E-state index contributed by atoms with van der Waals surface area (Å²) in [4.78, 5) is 6.64. The molecule has 0 saturated carbocycles. The molecule has 2 saturated heterocycles. The fraction of sp³-hybridized carbons (Fsp3) is 0.556. The molecule has 6 nitrogen and oxygen atoms in total. The van der Waals surface area contributed by atoms with Crippen molar-refractivity contribution in [3.8, 4) is 5.69 Å². The molecule has 134 valence electrons. The molecule has 0 amide bonds. The number of thioether (sulfide) groups is 1. The van der Waals surface area contributed by atoms with Crippen LogP contribution < -0.4 is 5.32 Å². The lowest BCUT2D eigenvalue weighted by atomic mass is 9.95. The Morgan fingerprint density at radius 1 is 1.20 bits per heavy atom. The van der Waals surface area contributed by atoms with Gasteiger partial charge >= 0.3 is 0 Å². The van der Waals surface area contributed by atoms with Crippen LogP contribution in [0.15, 0.2) is 36.9 Å². The average molecular weight is 359 g/mol. The molecule has 3 heterocycles. The van der Waals surface area contributed by atoms with Gasteiger partial charge in [0.1, 0.15) is 12.7 Å². The van der Waals surface area contributed by atoms with Gasteiger partial charge in [0, 0.05) is 37.5 Å². The zero-order valence-corrected chi connectivity index (χ0v) is 15.2. The molecule has 1 N–H and O–H groups in total. The van der Waals surface area contributed by atoms with Gasteiger partial charge in [0.25, 0.3) is 0 Å². The largest absolute Gasteiger partial charge is 0.379 e. The topological polar surface area (TPSA) is 55.2 Å². The first kappa shape index (κ1) is 17.0. The van der Waals surface area contributed by atoms with Gasteiger partial charge in [-0.3, -0.25) is 4.90 Å². The van der Waals surface area contributed by atoms with Crippen LogP contribution in [0.3, 0.4) is 0 Å². The van der Waals surface area contributed by atoms with E-state index in [1.807, 2.05) is 0 Å². The van der Waals surface area contributed by atoms with E-state index in [1.54, 1.807) is 17.3 Å². The zero-order valence-electron chi connectivity index (χ0n) is 14.4. The number of hydrogen-bond donors (Lipinski definition) is 1. The maximum atomic E-state index is 5.54. The maximum absolute atomic E-state index is 5.54. The van der Waals surface area contributed by atoms with Crippen LogP contribution in [-0.4, -0.2) is 69.6 Å². The first-order chi connectivity index (χ1) is 12.4. The number of hydrogen-bond acceptors (Lipinski definition) is 6. The summed E-state index contributed by atoms with van der Waals surface area (Å²) in [6.07, 6.45) is 4.55. The van der Waals surface area contributed by atoms with Crippen molar-refractivity contribution in [1.29, 1.82) is 0 Å². The lowest BCUT2D eigenvalue weighted by Crippen LogP contribution is -2.58. The predicted octanol–water partition coefficient (Wildman–Crippen LogP) is 1.56. The quantitative estimate of drug-likeness (QED) is 0.845. The lowest BCUT2D eigenvalue weighted by Gasteiger charge is -2.43. The molecule has 1 atom stereocenters. The second-order valence-corrected chi connectivity index (χ2v) is 7.84. The third-order valence-corrected chi connectivity index (χ3v) is 6.40. The number of benzene rings is 1. The Morgan fingerprint density at radius 2 is 2.04 bits per heavy atom. The zero-order chi connectivity index (χ0) is 17.0. The van der Waals surface area contributed by atoms with E-state index in [4.69, 9.17) is 4.74 Å². The van der Waals surface area contributed by atoms with Gasteiger partial charge in [-0.2, -0.15) is 16.9 Å². The van der Waals surface area contributed by atoms with Crippen LogP contribution in [0.1, 0.15) is 12.0 Å². The summed E-state index contributed by atoms with van der Waals surface area (Å²) >= 11 is 2.08. The highest BCUT2D eigenvalue weighted by atomic mass is 32.2. The third kappa shape index (κ3) is 3.89. The van der Waals surface area contributed by atoms with Gasteiger partial charge in [0.15, 0.2) is 0 Å². The summed E-state index contributed by atoms with van der Waals surface area (Å²) in [6.45, 7) is 5.81. The van der Waals surface area contributed by atoms with E-state index in [0.717, 1.165) is 45.1 Å². The van der Waals surface area contributed by atoms with Gasteiger partial charge in [-0.25, -0.2) is 9.67 Å². The Morgan fingerprint density at radius 3 is 2.72 bits per heavy atom. The molecule has 1 unspecified atom stereocenters. The molecule has 1 aromatic heterocycles. The number of nitrogens with zero attached hydrogens (tertiary/aromatic N) is 4. The lowest BCUT2D eigenvalue weighted by molar-refractivity contribution is -0.0134. The van der Waals surface area contributed by atoms with Crippen LogP contribution in [-0.2, 0) is 11.3 Å². The van der Waals surface area contributed by atoms with Gasteiger partial charge < -0.3 is 10.1 Å². The molecule has 7 heteroatoms. The molecule has 0 bridgehead atoms. The first-order valence-electron chi connectivity index (χ1n) is 8.91. The number of nitrogens with one attached hydrogen (secondary N) is 1.